The second-order valence-electron chi connectivity index (χ2n) is 11.3. The summed E-state index contributed by atoms with van der Waals surface area (Å²) in [6, 6.07) is 10.6. The third-order valence-electron chi connectivity index (χ3n) is 8.01. The number of carbonyl (C=O) groups excluding carboxylic acids is 1. The Kier molecular flexibility index (Phi) is 8.64. The number of alkyl halides is 6. The molecule has 1 aliphatic heterocycles. The average Bonchev–Trinajstić information content (AvgIpc) is 2.95. The summed E-state index contributed by atoms with van der Waals surface area (Å²) < 4.78 is 81.4. The number of halogens is 6. The van der Waals surface area contributed by atoms with Gasteiger partial charge in [0, 0.05) is 32.3 Å². The molecule has 1 fully saturated rings. The number of aromatic nitrogens is 1. The molecule has 4 rings (SSSR count). The van der Waals surface area contributed by atoms with Crippen LogP contribution in [-0.2, 0) is 22.6 Å². The lowest BCUT2D eigenvalue weighted by Crippen LogP contribution is -2.42. The van der Waals surface area contributed by atoms with Gasteiger partial charge in [0.2, 0.25) is 5.91 Å². The maximum Gasteiger partial charge on any atom is 0.416 e. The van der Waals surface area contributed by atoms with Crippen LogP contribution >= 0.6 is 0 Å². The van der Waals surface area contributed by atoms with E-state index in [1.165, 1.54) is 32.0 Å². The van der Waals surface area contributed by atoms with E-state index in [2.05, 4.69) is 9.88 Å². The maximum atomic E-state index is 13.9. The highest BCUT2D eigenvalue weighted by Gasteiger charge is 2.41. The lowest BCUT2D eigenvalue weighted by Gasteiger charge is -2.34. The van der Waals surface area contributed by atoms with Crippen LogP contribution in [-0.4, -0.2) is 42.7 Å². The van der Waals surface area contributed by atoms with E-state index in [0.717, 1.165) is 24.0 Å². The van der Waals surface area contributed by atoms with E-state index >= 15 is 0 Å². The first-order valence-corrected chi connectivity index (χ1v) is 13.5. The molecule has 5 nitrogen and oxygen atoms in total. The van der Waals surface area contributed by atoms with Crippen molar-refractivity contribution in [2.24, 2.45) is 5.92 Å². The Morgan fingerprint density at radius 2 is 1.48 bits per heavy atom. The van der Waals surface area contributed by atoms with Crippen molar-refractivity contribution >= 4 is 17.4 Å². The van der Waals surface area contributed by atoms with Crippen LogP contribution in [0.5, 0.6) is 0 Å². The smallest absolute Gasteiger partial charge is 0.396 e. The molecular formula is C31H33F6N3O2. The molecule has 0 bridgehead atoms. The summed E-state index contributed by atoms with van der Waals surface area (Å²) in [4.78, 5) is 21.8. The number of piperidine rings is 1. The Morgan fingerprint density at radius 1 is 0.929 bits per heavy atom. The number of aryl methyl sites for hydroxylation is 1. The molecule has 2 aromatic carbocycles. The number of aliphatic hydroxyl groups excluding tert-OH is 1. The molecule has 0 unspecified atom stereocenters. The molecular weight excluding hydrogens is 560 g/mol. The zero-order valence-electron chi connectivity index (χ0n) is 23.8. The Balaban J connectivity index is 1.78. The predicted octanol–water partition coefficient (Wildman–Crippen LogP) is 7.24. The van der Waals surface area contributed by atoms with Crippen molar-refractivity contribution in [3.8, 4) is 11.1 Å². The Hall–Kier alpha value is -3.60. The fraction of sp³-hybridized carbons (Fsp3) is 0.419. The second-order valence-corrected chi connectivity index (χ2v) is 11.3. The summed E-state index contributed by atoms with van der Waals surface area (Å²) >= 11 is 0. The predicted molar refractivity (Wildman–Crippen MR) is 149 cm³/mol. The van der Waals surface area contributed by atoms with Crippen molar-refractivity contribution in [3.63, 3.8) is 0 Å². The van der Waals surface area contributed by atoms with Crippen LogP contribution in [0.2, 0.25) is 0 Å². The highest BCUT2D eigenvalue weighted by atomic mass is 19.4. The lowest BCUT2D eigenvalue weighted by molar-refractivity contribution is -0.143. The van der Waals surface area contributed by atoms with Crippen LogP contribution in [0, 0.1) is 12.8 Å². The van der Waals surface area contributed by atoms with E-state index in [1.807, 2.05) is 37.3 Å². The Morgan fingerprint density at radius 3 is 2.00 bits per heavy atom. The average molecular weight is 594 g/mol. The molecule has 1 amide bonds. The summed E-state index contributed by atoms with van der Waals surface area (Å²) in [5.41, 5.74) is -2.41. The number of pyridine rings is 1. The second kappa shape index (κ2) is 11.6. The minimum absolute atomic E-state index is 0.0516. The number of hydrogen-bond donors (Lipinski definition) is 1. The van der Waals surface area contributed by atoms with Gasteiger partial charge in [-0.1, -0.05) is 24.3 Å². The van der Waals surface area contributed by atoms with E-state index in [-0.39, 0.29) is 18.6 Å². The molecule has 1 aliphatic rings. The number of benzene rings is 2. The van der Waals surface area contributed by atoms with Gasteiger partial charge in [0.15, 0.2) is 0 Å². The van der Waals surface area contributed by atoms with Gasteiger partial charge >= 0.3 is 12.4 Å². The van der Waals surface area contributed by atoms with Crippen molar-refractivity contribution in [3.05, 3.63) is 77.0 Å². The van der Waals surface area contributed by atoms with Crippen LogP contribution in [0.4, 0.5) is 37.8 Å². The highest BCUT2D eigenvalue weighted by molar-refractivity contribution is 6.03. The highest BCUT2D eigenvalue weighted by Crippen LogP contribution is 2.41. The standard InChI is InChI=1S/C31H33F6N3O2/c1-19-7-5-6-8-24(19)25-16-27(40-11-9-20(18-41)10-12-40)38-17-26(25)39(4)28(42)29(2,3)21-13-22(30(32,33)34)15-23(14-21)31(35,36)37/h5-8,13-17,20,41H,9-12,18H2,1-4H3. The quantitative estimate of drug-likeness (QED) is 0.306. The van der Waals surface area contributed by atoms with Gasteiger partial charge in [-0.15, -0.1) is 0 Å². The Labute approximate surface area is 240 Å². The van der Waals surface area contributed by atoms with Crippen molar-refractivity contribution in [1.29, 1.82) is 0 Å². The van der Waals surface area contributed by atoms with Gasteiger partial charge in [0.05, 0.1) is 28.4 Å². The summed E-state index contributed by atoms with van der Waals surface area (Å²) in [6.07, 6.45) is -6.97. The molecule has 2 heterocycles. The number of hydrogen-bond acceptors (Lipinski definition) is 4. The van der Waals surface area contributed by atoms with Crippen LogP contribution in [0.3, 0.4) is 0 Å². The lowest BCUT2D eigenvalue weighted by atomic mass is 9.81. The summed E-state index contributed by atoms with van der Waals surface area (Å²) in [6.45, 7) is 6.00. The first-order valence-electron chi connectivity index (χ1n) is 13.5. The van der Waals surface area contributed by atoms with E-state index in [1.54, 1.807) is 0 Å². The number of nitrogens with zero attached hydrogens (tertiary/aromatic N) is 3. The van der Waals surface area contributed by atoms with Gasteiger partial charge in [-0.05, 0) is 80.5 Å². The molecule has 0 saturated carbocycles. The topological polar surface area (TPSA) is 56.7 Å². The Bertz CT molecular complexity index is 1410. The van der Waals surface area contributed by atoms with E-state index < -0.39 is 40.4 Å². The molecule has 0 aliphatic carbocycles. The minimum Gasteiger partial charge on any atom is -0.396 e. The number of aliphatic hydroxyl groups is 1. The summed E-state index contributed by atoms with van der Waals surface area (Å²) in [5, 5.41) is 9.50. The first-order chi connectivity index (χ1) is 19.5. The number of amides is 1. The van der Waals surface area contributed by atoms with Crippen LogP contribution in [0.1, 0.15) is 48.9 Å². The summed E-state index contributed by atoms with van der Waals surface area (Å²) in [7, 11) is 1.44. The molecule has 226 valence electrons. The largest absolute Gasteiger partial charge is 0.416 e. The van der Waals surface area contributed by atoms with Crippen molar-refractivity contribution in [1.82, 2.24) is 4.98 Å². The fourth-order valence-corrected chi connectivity index (χ4v) is 5.28. The monoisotopic (exact) mass is 593 g/mol. The number of anilines is 2. The molecule has 1 N–H and O–H groups in total. The molecule has 0 spiro atoms. The zero-order valence-corrected chi connectivity index (χ0v) is 23.8. The van der Waals surface area contributed by atoms with Crippen LogP contribution in [0.15, 0.2) is 54.7 Å². The maximum absolute atomic E-state index is 13.9. The van der Waals surface area contributed by atoms with Gasteiger partial charge in [-0.2, -0.15) is 26.3 Å². The molecule has 3 aromatic rings. The number of carbonyl (C=O) groups is 1. The molecule has 0 atom stereocenters. The van der Waals surface area contributed by atoms with Gasteiger partial charge in [-0.25, -0.2) is 4.98 Å². The van der Waals surface area contributed by atoms with E-state index in [9.17, 15) is 36.2 Å². The summed E-state index contributed by atoms with van der Waals surface area (Å²) in [5.74, 6) is 0.181. The number of rotatable bonds is 6. The van der Waals surface area contributed by atoms with Gasteiger partial charge in [-0.3, -0.25) is 4.79 Å². The molecule has 11 heteroatoms. The van der Waals surface area contributed by atoms with Crippen molar-refractivity contribution in [2.45, 2.75) is 51.4 Å². The van der Waals surface area contributed by atoms with Crippen molar-refractivity contribution < 1.29 is 36.2 Å². The zero-order chi connectivity index (χ0) is 31.0. The van der Waals surface area contributed by atoms with Gasteiger partial charge < -0.3 is 14.9 Å². The normalized spacial score (nSPS) is 15.2. The van der Waals surface area contributed by atoms with Crippen LogP contribution < -0.4 is 9.80 Å². The van der Waals surface area contributed by atoms with Gasteiger partial charge in [0.25, 0.3) is 0 Å². The molecule has 1 aromatic heterocycles. The fourth-order valence-electron chi connectivity index (χ4n) is 5.28. The first kappa shape index (κ1) is 31.3. The molecule has 0 radical (unpaired) electrons. The molecule has 42 heavy (non-hydrogen) atoms. The van der Waals surface area contributed by atoms with Gasteiger partial charge in [0.1, 0.15) is 5.82 Å². The third-order valence-corrected chi connectivity index (χ3v) is 8.01. The third kappa shape index (κ3) is 6.40. The number of likely N-dealkylation sites (N-methyl/N-ethyl adjacent to an activating group) is 1. The van der Waals surface area contributed by atoms with Crippen molar-refractivity contribution in [2.75, 3.05) is 36.5 Å². The SMILES string of the molecule is Cc1ccccc1-c1cc(N2CCC(CO)CC2)ncc1N(C)C(=O)C(C)(C)c1cc(C(F)(F)F)cc(C(F)(F)F)c1. The molecule has 1 saturated heterocycles. The minimum atomic E-state index is -5.04. The van der Waals surface area contributed by atoms with E-state index in [4.69, 9.17) is 0 Å². The van der Waals surface area contributed by atoms with Crippen LogP contribution in [0.25, 0.3) is 11.1 Å². The van der Waals surface area contributed by atoms with E-state index in [0.29, 0.717) is 42.3 Å².